The van der Waals surface area contributed by atoms with Gasteiger partial charge in [-0.2, -0.15) is 5.10 Å². The third kappa shape index (κ3) is 4.79. The minimum Gasteiger partial charge on any atom is -0.453 e. The van der Waals surface area contributed by atoms with E-state index in [9.17, 15) is 18.8 Å². The lowest BCUT2D eigenvalue weighted by Gasteiger charge is -2.16. The van der Waals surface area contributed by atoms with E-state index >= 15 is 4.39 Å². The molecule has 5 rings (SSSR count). The number of aromatic nitrogens is 5. The van der Waals surface area contributed by atoms with Gasteiger partial charge in [-0.1, -0.05) is 0 Å². The van der Waals surface area contributed by atoms with Crippen LogP contribution in [0.25, 0.3) is 16.7 Å². The molecule has 0 aliphatic heterocycles. The van der Waals surface area contributed by atoms with E-state index in [2.05, 4.69) is 25.8 Å². The highest BCUT2D eigenvalue weighted by molar-refractivity contribution is 6.04. The summed E-state index contributed by atoms with van der Waals surface area (Å²) in [5.74, 6) is -1.55. The first-order valence-corrected chi connectivity index (χ1v) is 12.1. The molecule has 0 unspecified atom stereocenters. The number of hydrogen-bond donors (Lipinski definition) is 3. The van der Waals surface area contributed by atoms with Gasteiger partial charge >= 0.3 is 5.69 Å². The van der Waals surface area contributed by atoms with Crippen molar-refractivity contribution in [3.05, 3.63) is 99.0 Å². The van der Waals surface area contributed by atoms with Crippen LogP contribution in [0.1, 0.15) is 30.2 Å². The van der Waals surface area contributed by atoms with Crippen LogP contribution < -0.4 is 26.6 Å². The van der Waals surface area contributed by atoms with Crippen LogP contribution in [0.5, 0.6) is 11.5 Å². The van der Waals surface area contributed by atoms with Gasteiger partial charge < -0.3 is 15.4 Å². The Hall–Kier alpha value is -5.33. The number of nitrogens with one attached hydrogen (secondary N) is 3. The number of nitrogens with zero attached hydrogens (tertiary/aromatic N) is 4. The smallest absolute Gasteiger partial charge is 0.335 e. The molecule has 2 aromatic carbocycles. The maximum Gasteiger partial charge on any atom is 0.335 e. The van der Waals surface area contributed by atoms with Crippen molar-refractivity contribution in [2.45, 2.75) is 19.9 Å². The van der Waals surface area contributed by atoms with Gasteiger partial charge in [0, 0.05) is 43.3 Å². The number of halogens is 2. The highest BCUT2D eigenvalue weighted by Crippen LogP contribution is 2.34. The van der Waals surface area contributed by atoms with E-state index in [4.69, 9.17) is 4.74 Å². The summed E-state index contributed by atoms with van der Waals surface area (Å²) < 4.78 is 36.3. The molecule has 0 aliphatic rings. The lowest BCUT2D eigenvalue weighted by molar-refractivity contribution is 0.102. The summed E-state index contributed by atoms with van der Waals surface area (Å²) in [6, 6.07) is 9.64. The molecule has 3 aromatic heterocycles. The number of amides is 1. The predicted molar refractivity (Wildman–Crippen MR) is 145 cm³/mol. The maximum absolute atomic E-state index is 15.0. The molecule has 40 heavy (non-hydrogen) atoms. The summed E-state index contributed by atoms with van der Waals surface area (Å²) >= 11 is 0. The summed E-state index contributed by atoms with van der Waals surface area (Å²) in [4.78, 5) is 43.6. The molecule has 0 saturated heterocycles. The summed E-state index contributed by atoms with van der Waals surface area (Å²) in [5.41, 5.74) is -1.38. The second-order valence-electron chi connectivity index (χ2n) is 9.00. The van der Waals surface area contributed by atoms with Crippen LogP contribution in [-0.2, 0) is 0 Å². The largest absolute Gasteiger partial charge is 0.453 e. The Morgan fingerprint density at radius 2 is 1.80 bits per heavy atom. The number of anilines is 2. The van der Waals surface area contributed by atoms with Crippen LogP contribution in [0.3, 0.4) is 0 Å². The van der Waals surface area contributed by atoms with E-state index < -0.39 is 34.8 Å². The number of fused-ring (bicyclic) bond motifs is 1. The van der Waals surface area contributed by atoms with Gasteiger partial charge in [0.15, 0.2) is 23.0 Å². The summed E-state index contributed by atoms with van der Waals surface area (Å²) in [5, 5.41) is 12.8. The topological polar surface area (TPSA) is 136 Å². The number of ether oxygens (including phenoxy) is 1. The van der Waals surface area contributed by atoms with Crippen molar-refractivity contribution in [2.24, 2.45) is 0 Å². The van der Waals surface area contributed by atoms with Crippen LogP contribution in [0.4, 0.5) is 20.3 Å². The quantitative estimate of drug-likeness (QED) is 0.278. The Labute approximate surface area is 225 Å². The Bertz CT molecular complexity index is 1860. The van der Waals surface area contributed by atoms with E-state index in [1.54, 1.807) is 27.0 Å². The fourth-order valence-corrected chi connectivity index (χ4v) is 4.08. The minimum absolute atomic E-state index is 0.0454. The number of carbonyl (C=O) groups is 1. The van der Waals surface area contributed by atoms with Gasteiger partial charge in [-0.25, -0.2) is 23.1 Å². The van der Waals surface area contributed by atoms with Crippen molar-refractivity contribution in [2.75, 3.05) is 17.7 Å². The number of hydrogen-bond acceptors (Lipinski definition) is 7. The molecule has 13 heteroatoms. The van der Waals surface area contributed by atoms with Crippen molar-refractivity contribution in [1.82, 2.24) is 24.3 Å². The SMILES string of the molecule is CNc1n[nH]c2nccc(Oc3ccc(NC(=O)c4cn(C(C)C)c(=O)n(-c5ccc(F)cc5)c4=O)cc3F)c12. The van der Waals surface area contributed by atoms with Gasteiger partial charge in [0.05, 0.1) is 5.69 Å². The third-order valence-electron chi connectivity index (χ3n) is 6.07. The zero-order valence-electron chi connectivity index (χ0n) is 21.5. The van der Waals surface area contributed by atoms with E-state index in [-0.39, 0.29) is 22.7 Å². The normalized spacial score (nSPS) is 11.2. The van der Waals surface area contributed by atoms with Gasteiger partial charge in [0.2, 0.25) is 0 Å². The number of pyridine rings is 1. The molecular weight excluding hydrogens is 524 g/mol. The molecule has 11 nitrogen and oxygen atoms in total. The molecule has 3 heterocycles. The molecule has 0 spiro atoms. The molecule has 1 amide bonds. The molecular formula is C27H23F2N7O4. The van der Waals surface area contributed by atoms with Crippen molar-refractivity contribution in [1.29, 1.82) is 0 Å². The standard InChI is InChI=1S/C27H23F2N7O4/c1-14(2)35-13-18(26(38)36(27(35)39)17-7-4-15(28)5-8-17)25(37)32-16-6-9-20(19(29)12-16)40-21-10-11-31-24-22(21)23(30-3)33-34-24/h4-14H,1-3H3,(H,32,37)(H2,30,31,33,34). The van der Waals surface area contributed by atoms with Gasteiger partial charge in [-0.15, -0.1) is 0 Å². The Morgan fingerprint density at radius 1 is 1.05 bits per heavy atom. The minimum atomic E-state index is -0.909. The number of rotatable bonds is 7. The lowest BCUT2D eigenvalue weighted by Crippen LogP contribution is -2.42. The number of H-pyrrole nitrogens is 1. The van der Waals surface area contributed by atoms with Crippen LogP contribution in [0, 0.1) is 11.6 Å². The van der Waals surface area contributed by atoms with Gasteiger partial charge in [-0.3, -0.25) is 19.3 Å². The highest BCUT2D eigenvalue weighted by Gasteiger charge is 2.21. The first-order chi connectivity index (χ1) is 19.2. The summed E-state index contributed by atoms with van der Waals surface area (Å²) in [7, 11) is 1.67. The fraction of sp³-hybridized carbons (Fsp3) is 0.148. The second-order valence-corrected chi connectivity index (χ2v) is 9.00. The number of aromatic amines is 1. The monoisotopic (exact) mass is 547 g/mol. The van der Waals surface area contributed by atoms with Crippen LogP contribution in [0.2, 0.25) is 0 Å². The molecule has 204 valence electrons. The number of carbonyl (C=O) groups excluding carboxylic acids is 1. The molecule has 0 aliphatic carbocycles. The zero-order chi connectivity index (χ0) is 28.6. The van der Waals surface area contributed by atoms with Crippen molar-refractivity contribution in [3.63, 3.8) is 0 Å². The van der Waals surface area contributed by atoms with Crippen molar-refractivity contribution in [3.8, 4) is 17.2 Å². The molecule has 5 aromatic rings. The molecule has 0 fully saturated rings. The molecule has 0 atom stereocenters. The first kappa shape index (κ1) is 26.3. The van der Waals surface area contributed by atoms with E-state index in [0.717, 1.165) is 29.0 Å². The Balaban J connectivity index is 1.46. The van der Waals surface area contributed by atoms with E-state index in [0.29, 0.717) is 22.6 Å². The Morgan fingerprint density at radius 3 is 2.48 bits per heavy atom. The van der Waals surface area contributed by atoms with E-state index in [1.165, 1.54) is 35.0 Å². The molecule has 0 radical (unpaired) electrons. The van der Waals surface area contributed by atoms with Crippen LogP contribution >= 0.6 is 0 Å². The summed E-state index contributed by atoms with van der Waals surface area (Å²) in [6.45, 7) is 3.41. The fourth-order valence-electron chi connectivity index (χ4n) is 4.08. The molecule has 0 bridgehead atoms. The molecule has 0 saturated carbocycles. The first-order valence-electron chi connectivity index (χ1n) is 12.1. The van der Waals surface area contributed by atoms with Crippen LogP contribution in [0.15, 0.2) is 70.5 Å². The second kappa shape index (κ2) is 10.4. The van der Waals surface area contributed by atoms with E-state index in [1.807, 2.05) is 0 Å². The van der Waals surface area contributed by atoms with Gasteiger partial charge in [-0.05, 0) is 50.2 Å². The number of benzene rings is 2. The van der Waals surface area contributed by atoms with Crippen LogP contribution in [-0.4, -0.2) is 37.3 Å². The average molecular weight is 548 g/mol. The lowest BCUT2D eigenvalue weighted by atomic mass is 10.2. The van der Waals surface area contributed by atoms with Gasteiger partial charge in [0.25, 0.3) is 11.5 Å². The molecule has 3 N–H and O–H groups in total. The highest BCUT2D eigenvalue weighted by atomic mass is 19.1. The average Bonchev–Trinajstić information content (AvgIpc) is 3.35. The summed E-state index contributed by atoms with van der Waals surface area (Å²) in [6.07, 6.45) is 2.63. The maximum atomic E-state index is 15.0. The van der Waals surface area contributed by atoms with Crippen molar-refractivity contribution < 1.29 is 18.3 Å². The Kier molecular flexibility index (Phi) is 6.86. The van der Waals surface area contributed by atoms with Crippen molar-refractivity contribution >= 4 is 28.4 Å². The van der Waals surface area contributed by atoms with Gasteiger partial charge in [0.1, 0.15) is 22.5 Å². The third-order valence-corrected chi connectivity index (χ3v) is 6.07. The predicted octanol–water partition coefficient (Wildman–Crippen LogP) is 4.22. The zero-order valence-corrected chi connectivity index (χ0v) is 21.5.